The monoisotopic (exact) mass is 346 g/mol. The van der Waals surface area contributed by atoms with Crippen LogP contribution in [0.15, 0.2) is 47.2 Å². The molecule has 1 N–H and O–H groups in total. The summed E-state index contributed by atoms with van der Waals surface area (Å²) in [5.41, 5.74) is 1.77. The van der Waals surface area contributed by atoms with Crippen molar-refractivity contribution in [1.82, 2.24) is 10.3 Å². The SMILES string of the molecule is O=C(NCC1CCOc2ccccc21)c1ccncc1Br. The van der Waals surface area contributed by atoms with Crippen LogP contribution in [0.5, 0.6) is 5.75 Å². The maximum absolute atomic E-state index is 12.2. The second kappa shape index (κ2) is 6.26. The van der Waals surface area contributed by atoms with E-state index in [0.717, 1.165) is 17.7 Å². The summed E-state index contributed by atoms with van der Waals surface area (Å²) in [6.07, 6.45) is 4.15. The summed E-state index contributed by atoms with van der Waals surface area (Å²) in [5, 5.41) is 3.00. The molecule has 1 aliphatic rings. The van der Waals surface area contributed by atoms with Crippen LogP contribution in [0.1, 0.15) is 28.3 Å². The molecule has 21 heavy (non-hydrogen) atoms. The van der Waals surface area contributed by atoms with Crippen LogP contribution in [0, 0.1) is 0 Å². The highest BCUT2D eigenvalue weighted by Gasteiger charge is 2.21. The number of amides is 1. The molecule has 1 aliphatic heterocycles. The van der Waals surface area contributed by atoms with Gasteiger partial charge in [-0.15, -0.1) is 0 Å². The lowest BCUT2D eigenvalue weighted by Crippen LogP contribution is -2.31. The van der Waals surface area contributed by atoms with Gasteiger partial charge in [-0.2, -0.15) is 0 Å². The average Bonchev–Trinajstić information content (AvgIpc) is 2.53. The number of halogens is 1. The molecule has 0 bridgehead atoms. The largest absolute Gasteiger partial charge is 0.493 e. The van der Waals surface area contributed by atoms with E-state index in [1.54, 1.807) is 18.5 Å². The summed E-state index contributed by atoms with van der Waals surface area (Å²) in [6.45, 7) is 1.30. The highest BCUT2D eigenvalue weighted by atomic mass is 79.9. The number of nitrogens with one attached hydrogen (secondary N) is 1. The van der Waals surface area contributed by atoms with Crippen LogP contribution in [-0.4, -0.2) is 24.0 Å². The molecule has 1 amide bonds. The second-order valence-electron chi connectivity index (χ2n) is 4.94. The third-order valence-electron chi connectivity index (χ3n) is 3.61. The first kappa shape index (κ1) is 14.1. The van der Waals surface area contributed by atoms with Crippen LogP contribution in [-0.2, 0) is 0 Å². The molecule has 0 saturated carbocycles. The van der Waals surface area contributed by atoms with E-state index >= 15 is 0 Å². The van der Waals surface area contributed by atoms with Crippen molar-refractivity contribution in [1.29, 1.82) is 0 Å². The van der Waals surface area contributed by atoms with Gasteiger partial charge in [-0.05, 0) is 40.0 Å². The summed E-state index contributed by atoms with van der Waals surface area (Å²) in [4.78, 5) is 16.2. The minimum Gasteiger partial charge on any atom is -0.493 e. The van der Waals surface area contributed by atoms with Crippen molar-refractivity contribution < 1.29 is 9.53 Å². The van der Waals surface area contributed by atoms with E-state index in [1.165, 1.54) is 0 Å². The van der Waals surface area contributed by atoms with Gasteiger partial charge in [0.05, 0.1) is 12.2 Å². The first-order chi connectivity index (χ1) is 10.3. The molecular formula is C16H15BrN2O2. The minimum atomic E-state index is -0.0896. The van der Waals surface area contributed by atoms with E-state index in [2.05, 4.69) is 32.3 Å². The number of para-hydroxylation sites is 1. The third-order valence-corrected chi connectivity index (χ3v) is 4.24. The van der Waals surface area contributed by atoms with Crippen LogP contribution < -0.4 is 10.1 Å². The van der Waals surface area contributed by atoms with Gasteiger partial charge in [0.15, 0.2) is 0 Å². The Kier molecular flexibility index (Phi) is 4.20. The lowest BCUT2D eigenvalue weighted by molar-refractivity contribution is 0.0947. The Morgan fingerprint density at radius 1 is 1.38 bits per heavy atom. The van der Waals surface area contributed by atoms with Crippen LogP contribution >= 0.6 is 15.9 Å². The zero-order valence-corrected chi connectivity index (χ0v) is 13.0. The number of ether oxygens (including phenoxy) is 1. The van der Waals surface area contributed by atoms with E-state index in [0.29, 0.717) is 29.1 Å². The molecule has 1 aromatic carbocycles. The van der Waals surface area contributed by atoms with E-state index in [1.807, 2.05) is 18.2 Å². The zero-order chi connectivity index (χ0) is 14.7. The summed E-state index contributed by atoms with van der Waals surface area (Å²) >= 11 is 3.35. The topological polar surface area (TPSA) is 51.2 Å². The maximum atomic E-state index is 12.2. The number of hydrogen-bond donors (Lipinski definition) is 1. The molecule has 0 fully saturated rings. The molecule has 2 heterocycles. The fourth-order valence-corrected chi connectivity index (χ4v) is 2.93. The maximum Gasteiger partial charge on any atom is 0.252 e. The van der Waals surface area contributed by atoms with E-state index in [-0.39, 0.29) is 5.91 Å². The Bertz CT molecular complexity index is 660. The molecule has 5 heteroatoms. The number of fused-ring (bicyclic) bond motifs is 1. The van der Waals surface area contributed by atoms with Crippen LogP contribution in [0.25, 0.3) is 0 Å². The van der Waals surface area contributed by atoms with E-state index < -0.39 is 0 Å². The molecule has 1 unspecified atom stereocenters. The van der Waals surface area contributed by atoms with Gasteiger partial charge >= 0.3 is 0 Å². The molecule has 0 radical (unpaired) electrons. The predicted octanol–water partition coefficient (Wildman–Crippen LogP) is 3.14. The Hall–Kier alpha value is -1.88. The van der Waals surface area contributed by atoms with E-state index in [9.17, 15) is 4.79 Å². The minimum absolute atomic E-state index is 0.0896. The second-order valence-corrected chi connectivity index (χ2v) is 5.79. The molecule has 3 rings (SSSR count). The van der Waals surface area contributed by atoms with Gasteiger partial charge in [0.2, 0.25) is 0 Å². The first-order valence-corrected chi connectivity index (χ1v) is 7.64. The lowest BCUT2D eigenvalue weighted by Gasteiger charge is -2.26. The number of rotatable bonds is 3. The predicted molar refractivity (Wildman–Crippen MR) is 83.6 cm³/mol. The number of aromatic nitrogens is 1. The van der Waals surface area contributed by atoms with Gasteiger partial charge in [-0.3, -0.25) is 9.78 Å². The molecule has 2 aromatic rings. The van der Waals surface area contributed by atoms with Crippen molar-refractivity contribution in [3.05, 3.63) is 58.3 Å². The van der Waals surface area contributed by atoms with Crippen LogP contribution in [0.3, 0.4) is 0 Å². The van der Waals surface area contributed by atoms with Crippen molar-refractivity contribution >= 4 is 21.8 Å². The number of carbonyl (C=O) groups excluding carboxylic acids is 1. The number of nitrogens with zero attached hydrogens (tertiary/aromatic N) is 1. The quantitative estimate of drug-likeness (QED) is 0.928. The van der Waals surface area contributed by atoms with Crippen molar-refractivity contribution in [2.24, 2.45) is 0 Å². The van der Waals surface area contributed by atoms with Gasteiger partial charge in [0.25, 0.3) is 5.91 Å². The normalized spacial score (nSPS) is 16.7. The molecule has 0 saturated heterocycles. The highest BCUT2D eigenvalue weighted by molar-refractivity contribution is 9.10. The molecule has 1 atom stereocenters. The Morgan fingerprint density at radius 3 is 3.10 bits per heavy atom. The van der Waals surface area contributed by atoms with Gasteiger partial charge in [-0.25, -0.2) is 0 Å². The molecule has 0 aliphatic carbocycles. The smallest absolute Gasteiger partial charge is 0.252 e. The fraction of sp³-hybridized carbons (Fsp3) is 0.250. The van der Waals surface area contributed by atoms with Crippen molar-refractivity contribution in [3.63, 3.8) is 0 Å². The van der Waals surface area contributed by atoms with Gasteiger partial charge in [0.1, 0.15) is 5.75 Å². The van der Waals surface area contributed by atoms with Crippen molar-refractivity contribution in [2.75, 3.05) is 13.2 Å². The summed E-state index contributed by atoms with van der Waals surface area (Å²) < 4.78 is 6.34. The Labute approximate surface area is 131 Å². The first-order valence-electron chi connectivity index (χ1n) is 6.85. The number of pyridine rings is 1. The van der Waals surface area contributed by atoms with Crippen LogP contribution in [0.2, 0.25) is 0 Å². The Morgan fingerprint density at radius 2 is 2.24 bits per heavy atom. The van der Waals surface area contributed by atoms with Crippen LogP contribution in [0.4, 0.5) is 0 Å². The molecule has 0 spiro atoms. The van der Waals surface area contributed by atoms with Crippen molar-refractivity contribution in [3.8, 4) is 5.75 Å². The fourth-order valence-electron chi connectivity index (χ4n) is 2.50. The standard InChI is InChI=1S/C16H15BrN2O2/c17-14-10-18-7-5-13(14)16(20)19-9-11-6-8-21-15-4-2-1-3-12(11)15/h1-5,7,10-11H,6,8-9H2,(H,19,20). The number of carbonyl (C=O) groups is 1. The summed E-state index contributed by atoms with van der Waals surface area (Å²) in [6, 6.07) is 9.71. The average molecular weight is 347 g/mol. The zero-order valence-electron chi connectivity index (χ0n) is 11.4. The summed E-state index contributed by atoms with van der Waals surface area (Å²) in [7, 11) is 0. The number of benzene rings is 1. The van der Waals surface area contributed by atoms with Crippen molar-refractivity contribution in [2.45, 2.75) is 12.3 Å². The molecule has 4 nitrogen and oxygen atoms in total. The summed E-state index contributed by atoms with van der Waals surface area (Å²) in [5.74, 6) is 1.13. The molecule has 108 valence electrons. The highest BCUT2D eigenvalue weighted by Crippen LogP contribution is 2.32. The Balaban J connectivity index is 1.69. The third kappa shape index (κ3) is 3.08. The van der Waals surface area contributed by atoms with Gasteiger partial charge < -0.3 is 10.1 Å². The molecule has 1 aromatic heterocycles. The van der Waals surface area contributed by atoms with Gasteiger partial charge in [0, 0.05) is 29.3 Å². The van der Waals surface area contributed by atoms with E-state index in [4.69, 9.17) is 4.74 Å². The lowest BCUT2D eigenvalue weighted by atomic mass is 9.93. The molecular weight excluding hydrogens is 332 g/mol. The number of hydrogen-bond acceptors (Lipinski definition) is 3. The van der Waals surface area contributed by atoms with Gasteiger partial charge in [-0.1, -0.05) is 18.2 Å².